The molecule has 80 valence electrons. The number of hydrogen-bond acceptors (Lipinski definition) is 1. The molecule has 1 unspecified atom stereocenters. The summed E-state index contributed by atoms with van der Waals surface area (Å²) < 4.78 is 0. The van der Waals surface area contributed by atoms with E-state index in [1.807, 2.05) is 12.1 Å². The van der Waals surface area contributed by atoms with Crippen molar-refractivity contribution >= 4 is 22.9 Å². The third kappa shape index (κ3) is 3.21. The first-order valence-electron chi connectivity index (χ1n) is 5.10. The summed E-state index contributed by atoms with van der Waals surface area (Å²) in [5.74, 6) is 0.563. The number of hydrogen-bond donors (Lipinski definition) is 0. The molecule has 2 heteroatoms. The van der Waals surface area contributed by atoms with Crippen LogP contribution in [0.5, 0.6) is 0 Å². The predicted octanol–water partition coefficient (Wildman–Crippen LogP) is 3.98. The summed E-state index contributed by atoms with van der Waals surface area (Å²) in [6, 6.07) is 8.02. The molecule has 0 spiro atoms. The smallest absolute Gasteiger partial charge is 0.144 e. The van der Waals surface area contributed by atoms with Gasteiger partial charge in [0.05, 0.1) is 5.03 Å². The number of aldehydes is 1. The number of halogens is 1. The lowest BCUT2D eigenvalue weighted by Gasteiger charge is -2.09. The van der Waals surface area contributed by atoms with Gasteiger partial charge >= 0.3 is 0 Å². The van der Waals surface area contributed by atoms with E-state index in [0.717, 1.165) is 12.0 Å². The summed E-state index contributed by atoms with van der Waals surface area (Å²) in [4.78, 5) is 10.2. The Balaban J connectivity index is 2.89. The van der Waals surface area contributed by atoms with Crippen LogP contribution in [0.15, 0.2) is 30.3 Å². The van der Waals surface area contributed by atoms with Crippen LogP contribution in [0.1, 0.15) is 37.3 Å². The fraction of sp³-hybridized carbons (Fsp3) is 0.308. The first-order valence-corrected chi connectivity index (χ1v) is 5.48. The lowest BCUT2D eigenvalue weighted by Crippen LogP contribution is -1.90. The molecule has 1 aromatic carbocycles. The Labute approximate surface area is 95.8 Å². The van der Waals surface area contributed by atoms with E-state index in [4.69, 9.17) is 11.6 Å². The molecule has 0 heterocycles. The van der Waals surface area contributed by atoms with Gasteiger partial charge < -0.3 is 0 Å². The van der Waals surface area contributed by atoms with Gasteiger partial charge in [0.25, 0.3) is 0 Å². The van der Waals surface area contributed by atoms with Gasteiger partial charge in [-0.2, -0.15) is 0 Å². The molecule has 1 rings (SSSR count). The van der Waals surface area contributed by atoms with Gasteiger partial charge in [-0.1, -0.05) is 49.7 Å². The first-order chi connectivity index (χ1) is 7.19. The standard InChI is InChI=1S/C13H15ClO/c1-3-10(2)11-4-6-12(7-5-11)13(14)8-9-15/h4-10H,3H2,1-2H3/b13-8-. The molecule has 15 heavy (non-hydrogen) atoms. The molecule has 0 aliphatic heterocycles. The molecule has 0 saturated carbocycles. The topological polar surface area (TPSA) is 17.1 Å². The summed E-state index contributed by atoms with van der Waals surface area (Å²) in [6.07, 6.45) is 3.18. The van der Waals surface area contributed by atoms with E-state index in [9.17, 15) is 4.79 Å². The van der Waals surface area contributed by atoms with Crippen LogP contribution in [0.2, 0.25) is 0 Å². The molecule has 0 amide bonds. The SMILES string of the molecule is CCC(C)c1ccc(/C(Cl)=C/C=O)cc1. The van der Waals surface area contributed by atoms with Crippen LogP contribution in [0.25, 0.3) is 5.03 Å². The molecule has 1 atom stereocenters. The molecular formula is C13H15ClO. The lowest BCUT2D eigenvalue weighted by atomic mass is 9.97. The van der Waals surface area contributed by atoms with E-state index >= 15 is 0 Å². The number of carbonyl (C=O) groups excluding carboxylic acids is 1. The van der Waals surface area contributed by atoms with Gasteiger partial charge in [-0.05, 0) is 29.5 Å². The van der Waals surface area contributed by atoms with Crippen LogP contribution < -0.4 is 0 Å². The van der Waals surface area contributed by atoms with Crippen molar-refractivity contribution in [3.05, 3.63) is 41.5 Å². The van der Waals surface area contributed by atoms with Crippen LogP contribution in [-0.4, -0.2) is 6.29 Å². The molecule has 0 saturated heterocycles. The van der Waals surface area contributed by atoms with Gasteiger partial charge in [-0.25, -0.2) is 0 Å². The molecule has 1 nitrogen and oxygen atoms in total. The second kappa shape index (κ2) is 5.72. The molecule has 1 aromatic rings. The number of benzene rings is 1. The predicted molar refractivity (Wildman–Crippen MR) is 65.0 cm³/mol. The molecular weight excluding hydrogens is 208 g/mol. The van der Waals surface area contributed by atoms with Gasteiger partial charge in [0.1, 0.15) is 6.29 Å². The molecule has 0 bridgehead atoms. The molecule has 0 radical (unpaired) electrons. The van der Waals surface area contributed by atoms with Crippen LogP contribution in [-0.2, 0) is 4.79 Å². The Bertz CT molecular complexity index is 351. The Hall–Kier alpha value is -1.08. The zero-order valence-corrected chi connectivity index (χ0v) is 9.79. The summed E-state index contributed by atoms with van der Waals surface area (Å²) >= 11 is 5.90. The normalized spacial score (nSPS) is 13.7. The third-order valence-corrected chi connectivity index (χ3v) is 2.93. The number of carbonyl (C=O) groups is 1. The minimum Gasteiger partial charge on any atom is -0.299 e. The van der Waals surface area contributed by atoms with Crippen molar-refractivity contribution < 1.29 is 4.79 Å². The van der Waals surface area contributed by atoms with E-state index in [0.29, 0.717) is 17.2 Å². The summed E-state index contributed by atoms with van der Waals surface area (Å²) in [6.45, 7) is 4.36. The number of rotatable bonds is 4. The summed E-state index contributed by atoms with van der Waals surface area (Å²) in [7, 11) is 0. The zero-order chi connectivity index (χ0) is 11.3. The van der Waals surface area contributed by atoms with Crippen LogP contribution >= 0.6 is 11.6 Å². The lowest BCUT2D eigenvalue weighted by molar-refractivity contribution is -0.104. The Kier molecular flexibility index (Phi) is 4.57. The Morgan fingerprint density at radius 1 is 1.40 bits per heavy atom. The molecule has 0 aliphatic carbocycles. The van der Waals surface area contributed by atoms with Crippen molar-refractivity contribution in [2.24, 2.45) is 0 Å². The quantitative estimate of drug-likeness (QED) is 0.556. The highest BCUT2D eigenvalue weighted by atomic mass is 35.5. The zero-order valence-electron chi connectivity index (χ0n) is 9.03. The van der Waals surface area contributed by atoms with E-state index < -0.39 is 0 Å². The summed E-state index contributed by atoms with van der Waals surface area (Å²) in [5.41, 5.74) is 2.19. The maximum Gasteiger partial charge on any atom is 0.144 e. The largest absolute Gasteiger partial charge is 0.299 e. The highest BCUT2D eigenvalue weighted by molar-refractivity contribution is 6.49. The van der Waals surface area contributed by atoms with E-state index in [1.54, 1.807) is 0 Å². The molecule has 0 aliphatic rings. The van der Waals surface area contributed by atoms with Crippen molar-refractivity contribution in [2.45, 2.75) is 26.2 Å². The van der Waals surface area contributed by atoms with Gasteiger partial charge in [-0.3, -0.25) is 4.79 Å². The van der Waals surface area contributed by atoms with Crippen molar-refractivity contribution in [3.8, 4) is 0 Å². The van der Waals surface area contributed by atoms with Gasteiger partial charge in [0.15, 0.2) is 0 Å². The van der Waals surface area contributed by atoms with Gasteiger partial charge in [0, 0.05) is 0 Å². The van der Waals surface area contributed by atoms with Crippen molar-refractivity contribution in [2.75, 3.05) is 0 Å². The summed E-state index contributed by atoms with van der Waals surface area (Å²) in [5, 5.41) is 0.487. The average Bonchev–Trinajstić information content (AvgIpc) is 2.28. The van der Waals surface area contributed by atoms with Crippen LogP contribution in [0, 0.1) is 0 Å². The number of allylic oxidation sites excluding steroid dienone is 1. The van der Waals surface area contributed by atoms with Crippen molar-refractivity contribution in [3.63, 3.8) is 0 Å². The monoisotopic (exact) mass is 222 g/mol. The average molecular weight is 223 g/mol. The maximum atomic E-state index is 10.2. The fourth-order valence-corrected chi connectivity index (χ4v) is 1.54. The molecule has 0 aromatic heterocycles. The van der Waals surface area contributed by atoms with Crippen LogP contribution in [0.4, 0.5) is 0 Å². The third-order valence-electron chi connectivity index (χ3n) is 2.58. The second-order valence-electron chi connectivity index (χ2n) is 3.58. The molecule has 0 fully saturated rings. The van der Waals surface area contributed by atoms with E-state index in [2.05, 4.69) is 26.0 Å². The van der Waals surface area contributed by atoms with Crippen molar-refractivity contribution in [1.29, 1.82) is 0 Å². The Morgan fingerprint density at radius 2 is 2.00 bits per heavy atom. The highest BCUT2D eigenvalue weighted by Gasteiger charge is 2.03. The van der Waals surface area contributed by atoms with E-state index in [1.165, 1.54) is 11.6 Å². The Morgan fingerprint density at radius 3 is 2.47 bits per heavy atom. The second-order valence-corrected chi connectivity index (χ2v) is 3.99. The van der Waals surface area contributed by atoms with E-state index in [-0.39, 0.29) is 0 Å². The minimum atomic E-state index is 0.487. The van der Waals surface area contributed by atoms with Crippen molar-refractivity contribution in [1.82, 2.24) is 0 Å². The maximum absolute atomic E-state index is 10.2. The minimum absolute atomic E-state index is 0.487. The van der Waals surface area contributed by atoms with Crippen LogP contribution in [0.3, 0.4) is 0 Å². The van der Waals surface area contributed by atoms with Gasteiger partial charge in [-0.15, -0.1) is 0 Å². The molecule has 0 N–H and O–H groups in total. The highest BCUT2D eigenvalue weighted by Crippen LogP contribution is 2.23. The first kappa shape index (κ1) is 12.0. The fourth-order valence-electron chi connectivity index (χ4n) is 1.36. The van der Waals surface area contributed by atoms with Gasteiger partial charge in [0.2, 0.25) is 0 Å².